The zero-order valence-electron chi connectivity index (χ0n) is 11.8. The molecule has 1 N–H and O–H groups in total. The summed E-state index contributed by atoms with van der Waals surface area (Å²) in [6.45, 7) is 6.80. The Hall–Kier alpha value is -0.680. The number of hydrogen-bond acceptors (Lipinski definition) is 4. The molecule has 6 heteroatoms. The molecule has 0 aliphatic carbocycles. The van der Waals surface area contributed by atoms with Gasteiger partial charge in [-0.1, -0.05) is 44.5 Å². The molecule has 1 unspecified atom stereocenters. The number of amides is 1. The molecule has 1 aromatic rings. The molecule has 1 heterocycles. The quantitative estimate of drug-likeness (QED) is 0.750. The molecular formula is C13H22ClN3OS. The van der Waals surface area contributed by atoms with Crippen LogP contribution in [0.25, 0.3) is 0 Å². The Kier molecular flexibility index (Phi) is 7.31. The third-order valence-electron chi connectivity index (χ3n) is 3.27. The third kappa shape index (κ3) is 4.73. The van der Waals surface area contributed by atoms with Gasteiger partial charge in [0.05, 0.1) is 11.1 Å². The van der Waals surface area contributed by atoms with E-state index in [0.29, 0.717) is 17.3 Å². The molecule has 1 rings (SSSR count). The normalized spacial score (nSPS) is 12.7. The Bertz CT molecular complexity index is 393. The van der Waals surface area contributed by atoms with Gasteiger partial charge < -0.3 is 5.32 Å². The second kappa shape index (κ2) is 8.48. The number of nitrogens with one attached hydrogen (secondary N) is 1. The smallest absolute Gasteiger partial charge is 0.265 e. The first-order valence-electron chi connectivity index (χ1n) is 6.87. The maximum absolute atomic E-state index is 12.1. The maximum Gasteiger partial charge on any atom is 0.265 e. The van der Waals surface area contributed by atoms with E-state index in [0.717, 1.165) is 42.9 Å². The Morgan fingerprint density at radius 1 is 1.37 bits per heavy atom. The molecule has 1 atom stereocenters. The maximum atomic E-state index is 12.1. The van der Waals surface area contributed by atoms with Crippen LogP contribution < -0.4 is 5.32 Å². The van der Waals surface area contributed by atoms with E-state index in [-0.39, 0.29) is 11.3 Å². The second-order valence-corrected chi connectivity index (χ2v) is 5.92. The first kappa shape index (κ1) is 16.4. The minimum atomic E-state index is -0.102. The lowest BCUT2D eigenvalue weighted by atomic mass is 9.99. The van der Waals surface area contributed by atoms with Crippen LogP contribution >= 0.6 is 23.1 Å². The van der Waals surface area contributed by atoms with Crippen molar-refractivity contribution < 1.29 is 4.79 Å². The summed E-state index contributed by atoms with van der Waals surface area (Å²) in [5.41, 5.74) is 0.790. The van der Waals surface area contributed by atoms with Gasteiger partial charge >= 0.3 is 0 Å². The summed E-state index contributed by atoms with van der Waals surface area (Å²) in [6, 6.07) is 0. The fraction of sp³-hybridized carbons (Fsp3) is 0.769. The Balaban J connectivity index is 2.53. The van der Waals surface area contributed by atoms with Crippen molar-refractivity contribution in [2.24, 2.45) is 5.92 Å². The van der Waals surface area contributed by atoms with Gasteiger partial charge in [0, 0.05) is 6.54 Å². The minimum Gasteiger partial charge on any atom is -0.350 e. The molecule has 0 bridgehead atoms. The van der Waals surface area contributed by atoms with Crippen LogP contribution in [-0.2, 0) is 6.42 Å². The Morgan fingerprint density at radius 3 is 2.63 bits per heavy atom. The zero-order chi connectivity index (χ0) is 14.3. The molecular weight excluding hydrogens is 282 g/mol. The van der Waals surface area contributed by atoms with E-state index in [1.165, 1.54) is 0 Å². The predicted octanol–water partition coefficient (Wildman–Crippen LogP) is 3.26. The lowest BCUT2D eigenvalue weighted by Gasteiger charge is -2.19. The third-order valence-corrected chi connectivity index (χ3v) is 4.54. The molecule has 4 nitrogen and oxygen atoms in total. The summed E-state index contributed by atoms with van der Waals surface area (Å²) in [4.78, 5) is 12.7. The SMILES string of the molecule is CCCc1nnsc1C(=O)NCC(Cl)C(CC)CC. The molecule has 0 saturated heterocycles. The van der Waals surface area contributed by atoms with Crippen LogP contribution in [0.15, 0.2) is 0 Å². The van der Waals surface area contributed by atoms with Crippen molar-refractivity contribution in [1.29, 1.82) is 0 Å². The number of hydrogen-bond donors (Lipinski definition) is 1. The van der Waals surface area contributed by atoms with Crippen LogP contribution in [0.1, 0.15) is 55.4 Å². The topological polar surface area (TPSA) is 54.9 Å². The number of aromatic nitrogens is 2. The number of rotatable bonds is 8. The Morgan fingerprint density at radius 2 is 2.05 bits per heavy atom. The average molecular weight is 304 g/mol. The minimum absolute atomic E-state index is 0.0190. The van der Waals surface area contributed by atoms with Crippen LogP contribution in [0.2, 0.25) is 0 Å². The number of nitrogens with zero attached hydrogens (tertiary/aromatic N) is 2. The van der Waals surface area contributed by atoms with Crippen LogP contribution in [0.5, 0.6) is 0 Å². The molecule has 19 heavy (non-hydrogen) atoms. The molecule has 1 amide bonds. The number of alkyl halides is 1. The molecule has 0 aliphatic heterocycles. The summed E-state index contributed by atoms with van der Waals surface area (Å²) in [6.07, 6.45) is 3.81. The van der Waals surface area contributed by atoms with Crippen molar-refractivity contribution in [1.82, 2.24) is 14.9 Å². The average Bonchev–Trinajstić information content (AvgIpc) is 2.86. The summed E-state index contributed by atoms with van der Waals surface area (Å²) in [7, 11) is 0. The number of carbonyl (C=O) groups is 1. The highest BCUT2D eigenvalue weighted by atomic mass is 35.5. The molecule has 0 aliphatic rings. The van der Waals surface area contributed by atoms with Crippen molar-refractivity contribution in [3.8, 4) is 0 Å². The molecule has 0 aromatic carbocycles. The Labute approximate surface area is 124 Å². The zero-order valence-corrected chi connectivity index (χ0v) is 13.4. The van der Waals surface area contributed by atoms with Gasteiger partial charge in [0.2, 0.25) is 0 Å². The fourth-order valence-corrected chi connectivity index (χ4v) is 3.08. The van der Waals surface area contributed by atoms with Gasteiger partial charge in [-0.2, -0.15) is 0 Å². The van der Waals surface area contributed by atoms with E-state index in [1.54, 1.807) is 0 Å². The van der Waals surface area contributed by atoms with Gasteiger partial charge in [0.1, 0.15) is 4.88 Å². The molecule has 0 radical (unpaired) electrons. The molecule has 0 fully saturated rings. The summed E-state index contributed by atoms with van der Waals surface area (Å²) in [5, 5.41) is 6.87. The van der Waals surface area contributed by atoms with E-state index in [2.05, 4.69) is 35.7 Å². The highest BCUT2D eigenvalue weighted by molar-refractivity contribution is 7.08. The highest BCUT2D eigenvalue weighted by Crippen LogP contribution is 2.18. The molecule has 0 saturated carbocycles. The fourth-order valence-electron chi connectivity index (χ4n) is 2.02. The van der Waals surface area contributed by atoms with Gasteiger partial charge in [0.15, 0.2) is 0 Å². The summed E-state index contributed by atoms with van der Waals surface area (Å²) >= 11 is 7.46. The van der Waals surface area contributed by atoms with Crippen molar-refractivity contribution in [3.63, 3.8) is 0 Å². The molecule has 0 spiro atoms. The first-order chi connectivity index (χ1) is 9.13. The summed E-state index contributed by atoms with van der Waals surface area (Å²) < 4.78 is 3.85. The van der Waals surface area contributed by atoms with Gasteiger partial charge in [-0.05, 0) is 23.9 Å². The van der Waals surface area contributed by atoms with Crippen LogP contribution in [0, 0.1) is 5.92 Å². The van der Waals surface area contributed by atoms with Crippen molar-refractivity contribution in [3.05, 3.63) is 10.6 Å². The van der Waals surface area contributed by atoms with Gasteiger partial charge in [-0.3, -0.25) is 4.79 Å². The lowest BCUT2D eigenvalue weighted by Crippen LogP contribution is -2.33. The van der Waals surface area contributed by atoms with Gasteiger partial charge in [-0.15, -0.1) is 16.7 Å². The van der Waals surface area contributed by atoms with Crippen molar-refractivity contribution in [2.75, 3.05) is 6.54 Å². The number of carbonyl (C=O) groups excluding carboxylic acids is 1. The molecule has 1 aromatic heterocycles. The highest BCUT2D eigenvalue weighted by Gasteiger charge is 2.19. The van der Waals surface area contributed by atoms with Gasteiger partial charge in [0.25, 0.3) is 5.91 Å². The number of aryl methyl sites for hydroxylation is 1. The standard InChI is InChI=1S/C13H22ClN3OS/c1-4-7-11-12(19-17-16-11)13(18)15-8-10(14)9(5-2)6-3/h9-10H,4-8H2,1-3H3,(H,15,18). The monoisotopic (exact) mass is 303 g/mol. The van der Waals surface area contributed by atoms with Gasteiger partial charge in [-0.25, -0.2) is 0 Å². The van der Waals surface area contributed by atoms with E-state index >= 15 is 0 Å². The van der Waals surface area contributed by atoms with E-state index in [4.69, 9.17) is 11.6 Å². The van der Waals surface area contributed by atoms with Crippen molar-refractivity contribution in [2.45, 2.75) is 51.8 Å². The van der Waals surface area contributed by atoms with E-state index in [1.807, 2.05) is 0 Å². The van der Waals surface area contributed by atoms with Crippen LogP contribution in [-0.4, -0.2) is 27.4 Å². The van der Waals surface area contributed by atoms with Crippen LogP contribution in [0.4, 0.5) is 0 Å². The summed E-state index contributed by atoms with van der Waals surface area (Å²) in [5.74, 6) is 0.340. The van der Waals surface area contributed by atoms with E-state index in [9.17, 15) is 4.79 Å². The second-order valence-electron chi connectivity index (χ2n) is 4.60. The predicted molar refractivity (Wildman–Crippen MR) is 80.0 cm³/mol. The lowest BCUT2D eigenvalue weighted by molar-refractivity contribution is 0.0954. The largest absolute Gasteiger partial charge is 0.350 e. The van der Waals surface area contributed by atoms with E-state index < -0.39 is 0 Å². The molecule has 108 valence electrons. The van der Waals surface area contributed by atoms with Crippen molar-refractivity contribution >= 4 is 29.0 Å². The first-order valence-corrected chi connectivity index (χ1v) is 8.08. The van der Waals surface area contributed by atoms with Crippen LogP contribution in [0.3, 0.4) is 0 Å². The number of halogens is 1.